The Morgan fingerprint density at radius 3 is 2.61 bits per heavy atom. The molecule has 1 amide bonds. The fourth-order valence-corrected chi connectivity index (χ4v) is 2.78. The minimum atomic E-state index is -0.592. The number of carbonyl (C=O) groups is 2. The van der Waals surface area contributed by atoms with Crippen LogP contribution in [0.15, 0.2) is 42.5 Å². The molecule has 0 radical (unpaired) electrons. The third-order valence-corrected chi connectivity index (χ3v) is 4.19. The summed E-state index contributed by atoms with van der Waals surface area (Å²) in [5.41, 5.74) is 1.19. The van der Waals surface area contributed by atoms with Crippen molar-refractivity contribution in [3.63, 3.8) is 0 Å². The van der Waals surface area contributed by atoms with Crippen LogP contribution in [0.25, 0.3) is 0 Å². The molecule has 0 aliphatic carbocycles. The van der Waals surface area contributed by atoms with Gasteiger partial charge in [-0.1, -0.05) is 18.2 Å². The average molecular weight is 385 g/mol. The molecule has 0 spiro atoms. The predicted molar refractivity (Wildman–Crippen MR) is 102 cm³/mol. The molecule has 1 heterocycles. The second kappa shape index (κ2) is 9.12. The number of nitrogens with zero attached hydrogens (tertiary/aromatic N) is 1. The van der Waals surface area contributed by atoms with Crippen molar-refractivity contribution in [2.75, 3.05) is 33.5 Å². The zero-order valence-electron chi connectivity index (χ0n) is 16.0. The summed E-state index contributed by atoms with van der Waals surface area (Å²) >= 11 is 0. The third kappa shape index (κ3) is 4.73. The fraction of sp³-hybridized carbons (Fsp3) is 0.333. The Labute approximate surface area is 163 Å². The van der Waals surface area contributed by atoms with Crippen molar-refractivity contribution in [2.45, 2.75) is 13.5 Å². The topological polar surface area (TPSA) is 74.3 Å². The molecule has 3 rings (SSSR count). The van der Waals surface area contributed by atoms with Crippen LogP contribution in [0.1, 0.15) is 22.8 Å². The third-order valence-electron chi connectivity index (χ3n) is 4.19. The molecule has 0 N–H and O–H groups in total. The Hall–Kier alpha value is -3.22. The van der Waals surface area contributed by atoms with Gasteiger partial charge in [0, 0.05) is 13.6 Å². The second-order valence-corrected chi connectivity index (χ2v) is 6.23. The molecule has 0 unspecified atom stereocenters. The lowest BCUT2D eigenvalue weighted by atomic mass is 10.2. The first-order valence-corrected chi connectivity index (χ1v) is 9.10. The van der Waals surface area contributed by atoms with Crippen LogP contribution in [0.2, 0.25) is 0 Å². The van der Waals surface area contributed by atoms with Gasteiger partial charge in [-0.25, -0.2) is 4.79 Å². The van der Waals surface area contributed by atoms with Crippen LogP contribution >= 0.6 is 0 Å². The summed E-state index contributed by atoms with van der Waals surface area (Å²) in [5, 5.41) is 0. The summed E-state index contributed by atoms with van der Waals surface area (Å²) in [6, 6.07) is 12.3. The maximum atomic E-state index is 12.3. The molecule has 148 valence electrons. The van der Waals surface area contributed by atoms with Crippen LogP contribution in [0.4, 0.5) is 0 Å². The van der Waals surface area contributed by atoms with E-state index < -0.39 is 5.97 Å². The van der Waals surface area contributed by atoms with Crippen molar-refractivity contribution in [3.8, 4) is 17.2 Å². The number of para-hydroxylation sites is 1. The maximum absolute atomic E-state index is 12.3. The Bertz CT molecular complexity index is 851. The number of esters is 1. The molecule has 28 heavy (non-hydrogen) atoms. The van der Waals surface area contributed by atoms with Gasteiger partial charge in [0.2, 0.25) is 0 Å². The van der Waals surface area contributed by atoms with E-state index in [0.717, 1.165) is 5.56 Å². The molecule has 1 aliphatic rings. The molecule has 1 aliphatic heterocycles. The number of carbonyl (C=O) groups excluding carboxylic acids is 2. The van der Waals surface area contributed by atoms with E-state index in [1.807, 2.05) is 25.1 Å². The lowest BCUT2D eigenvalue weighted by Gasteiger charge is -2.21. The quantitative estimate of drug-likeness (QED) is 0.682. The van der Waals surface area contributed by atoms with E-state index in [1.165, 1.54) is 4.90 Å². The maximum Gasteiger partial charge on any atom is 0.342 e. The SMILES string of the molecule is CCOc1ccccc1C(=O)OCC(=O)N(C)Cc1ccc2c(c1)OCCO2. The van der Waals surface area contributed by atoms with Crippen LogP contribution in [0, 0.1) is 0 Å². The van der Waals surface area contributed by atoms with Gasteiger partial charge >= 0.3 is 5.97 Å². The highest BCUT2D eigenvalue weighted by Crippen LogP contribution is 2.31. The number of amides is 1. The Kier molecular flexibility index (Phi) is 6.37. The number of rotatable bonds is 7. The summed E-state index contributed by atoms with van der Waals surface area (Å²) in [4.78, 5) is 26.1. The van der Waals surface area contributed by atoms with E-state index >= 15 is 0 Å². The van der Waals surface area contributed by atoms with Crippen molar-refractivity contribution in [2.24, 2.45) is 0 Å². The summed E-state index contributed by atoms with van der Waals surface area (Å²) in [7, 11) is 1.65. The van der Waals surface area contributed by atoms with Gasteiger partial charge in [-0.3, -0.25) is 4.79 Å². The van der Waals surface area contributed by atoms with Gasteiger partial charge < -0.3 is 23.8 Å². The lowest BCUT2D eigenvalue weighted by molar-refractivity contribution is -0.133. The van der Waals surface area contributed by atoms with Crippen LogP contribution < -0.4 is 14.2 Å². The first-order valence-electron chi connectivity index (χ1n) is 9.10. The summed E-state index contributed by atoms with van der Waals surface area (Å²) in [6.45, 7) is 3.32. The van der Waals surface area contributed by atoms with E-state index in [1.54, 1.807) is 31.3 Å². The number of likely N-dealkylation sites (N-methyl/N-ethyl adjacent to an activating group) is 1. The molecular weight excluding hydrogens is 362 g/mol. The molecule has 7 nitrogen and oxygen atoms in total. The molecule has 0 saturated heterocycles. The molecule has 2 aromatic carbocycles. The normalized spacial score (nSPS) is 12.2. The van der Waals surface area contributed by atoms with Gasteiger partial charge in [0.05, 0.1) is 6.61 Å². The fourth-order valence-electron chi connectivity index (χ4n) is 2.78. The van der Waals surface area contributed by atoms with Crippen molar-refractivity contribution >= 4 is 11.9 Å². The largest absolute Gasteiger partial charge is 0.493 e. The van der Waals surface area contributed by atoms with Gasteiger partial charge in [-0.2, -0.15) is 0 Å². The number of fused-ring (bicyclic) bond motifs is 1. The van der Waals surface area contributed by atoms with Gasteiger partial charge in [-0.05, 0) is 36.8 Å². The molecule has 0 saturated carbocycles. The molecular formula is C21H23NO6. The van der Waals surface area contributed by atoms with E-state index in [9.17, 15) is 9.59 Å². The summed E-state index contributed by atoms with van der Waals surface area (Å²) < 4.78 is 21.6. The molecule has 0 fully saturated rings. The van der Waals surface area contributed by atoms with Gasteiger partial charge in [-0.15, -0.1) is 0 Å². The first-order chi connectivity index (χ1) is 13.6. The van der Waals surface area contributed by atoms with Gasteiger partial charge in [0.15, 0.2) is 18.1 Å². The summed E-state index contributed by atoms with van der Waals surface area (Å²) in [5.74, 6) is 0.906. The monoisotopic (exact) mass is 385 g/mol. The molecule has 0 atom stereocenters. The highest BCUT2D eigenvalue weighted by molar-refractivity contribution is 5.93. The van der Waals surface area contributed by atoms with Crippen LogP contribution in [0.5, 0.6) is 17.2 Å². The highest BCUT2D eigenvalue weighted by atomic mass is 16.6. The van der Waals surface area contributed by atoms with Crippen molar-refractivity contribution in [3.05, 3.63) is 53.6 Å². The van der Waals surface area contributed by atoms with E-state index in [4.69, 9.17) is 18.9 Å². The minimum Gasteiger partial charge on any atom is -0.493 e. The number of hydrogen-bond acceptors (Lipinski definition) is 6. The lowest BCUT2D eigenvalue weighted by Crippen LogP contribution is -2.31. The molecule has 0 aromatic heterocycles. The number of hydrogen-bond donors (Lipinski definition) is 0. The molecule has 7 heteroatoms. The Morgan fingerprint density at radius 1 is 1.07 bits per heavy atom. The highest BCUT2D eigenvalue weighted by Gasteiger charge is 2.18. The second-order valence-electron chi connectivity index (χ2n) is 6.23. The van der Waals surface area contributed by atoms with Crippen LogP contribution in [0.3, 0.4) is 0 Å². The van der Waals surface area contributed by atoms with Crippen molar-refractivity contribution in [1.82, 2.24) is 4.90 Å². The van der Waals surface area contributed by atoms with Gasteiger partial charge in [0.25, 0.3) is 5.91 Å². The standard InChI is InChI=1S/C21H23NO6/c1-3-25-17-7-5-4-6-16(17)21(24)28-14-20(23)22(2)13-15-8-9-18-19(12-15)27-11-10-26-18/h4-9,12H,3,10-11,13-14H2,1-2H3. The average Bonchev–Trinajstić information content (AvgIpc) is 2.72. The number of ether oxygens (including phenoxy) is 4. The van der Waals surface area contributed by atoms with E-state index in [2.05, 4.69) is 0 Å². The van der Waals surface area contributed by atoms with E-state index in [0.29, 0.717) is 49.2 Å². The first kappa shape index (κ1) is 19.5. The van der Waals surface area contributed by atoms with E-state index in [-0.39, 0.29) is 12.5 Å². The zero-order valence-corrected chi connectivity index (χ0v) is 16.0. The van der Waals surface area contributed by atoms with Crippen LogP contribution in [-0.4, -0.2) is 50.3 Å². The smallest absolute Gasteiger partial charge is 0.342 e. The zero-order chi connectivity index (χ0) is 19.9. The van der Waals surface area contributed by atoms with Gasteiger partial charge in [0.1, 0.15) is 24.5 Å². The summed E-state index contributed by atoms with van der Waals surface area (Å²) in [6.07, 6.45) is 0. The molecule has 0 bridgehead atoms. The number of benzene rings is 2. The molecule has 2 aromatic rings. The minimum absolute atomic E-state index is 0.298. The van der Waals surface area contributed by atoms with Crippen molar-refractivity contribution in [1.29, 1.82) is 0 Å². The Morgan fingerprint density at radius 2 is 1.82 bits per heavy atom. The van der Waals surface area contributed by atoms with Crippen molar-refractivity contribution < 1.29 is 28.5 Å². The van der Waals surface area contributed by atoms with Crippen LogP contribution in [-0.2, 0) is 16.1 Å². The Balaban J connectivity index is 1.55. The predicted octanol–water partition coefficient (Wildman–Crippen LogP) is 2.67.